The number of hydrogen-bond donors (Lipinski definition) is 0. The quantitative estimate of drug-likeness (QED) is 0.571. The van der Waals surface area contributed by atoms with Crippen LogP contribution in [0, 0.1) is 0 Å². The molecule has 1 heteroatoms. The summed E-state index contributed by atoms with van der Waals surface area (Å²) in [5, 5.41) is 0. The van der Waals surface area contributed by atoms with E-state index in [0.717, 1.165) is 0 Å². The molecule has 0 radical (unpaired) electrons. The number of nitrogens with zero attached hydrogens (tertiary/aromatic N) is 1. The maximum Gasteiger partial charge on any atom is 0.0172 e. The molecule has 1 aliphatic carbocycles. The third-order valence-electron chi connectivity index (χ3n) is 2.41. The third kappa shape index (κ3) is 1.79. The lowest BCUT2D eigenvalue weighted by molar-refractivity contribution is 0.308. The highest BCUT2D eigenvalue weighted by molar-refractivity contribution is 5.39. The fourth-order valence-electron chi connectivity index (χ4n) is 1.73. The van der Waals surface area contributed by atoms with Gasteiger partial charge in [0.1, 0.15) is 0 Å². The zero-order valence-electron chi connectivity index (χ0n) is 7.37. The van der Waals surface area contributed by atoms with Crippen LogP contribution in [0.2, 0.25) is 0 Å². The molecule has 0 aromatic carbocycles. The Morgan fingerprint density at radius 2 is 1.67 bits per heavy atom. The standard InChI is InChI=1S/C11H15N/c1-4-8-12(9-5-1)10-11-6-2-3-7-11/h2-3,6-7,10H,1,4-5,8-9H2. The fourth-order valence-corrected chi connectivity index (χ4v) is 1.73. The summed E-state index contributed by atoms with van der Waals surface area (Å²) in [5.74, 6) is 0. The van der Waals surface area contributed by atoms with Gasteiger partial charge >= 0.3 is 0 Å². The molecule has 2 aliphatic rings. The van der Waals surface area contributed by atoms with Gasteiger partial charge in [0.05, 0.1) is 0 Å². The minimum atomic E-state index is 1.24. The normalized spacial score (nSPS) is 22.0. The van der Waals surface area contributed by atoms with Crippen molar-refractivity contribution in [1.82, 2.24) is 4.90 Å². The van der Waals surface area contributed by atoms with Crippen molar-refractivity contribution >= 4 is 0 Å². The van der Waals surface area contributed by atoms with Gasteiger partial charge in [-0.15, -0.1) is 0 Å². The van der Waals surface area contributed by atoms with E-state index < -0.39 is 0 Å². The maximum absolute atomic E-state index is 2.43. The van der Waals surface area contributed by atoms with E-state index in [9.17, 15) is 0 Å². The Morgan fingerprint density at radius 3 is 2.33 bits per heavy atom. The van der Waals surface area contributed by atoms with Gasteiger partial charge in [0.25, 0.3) is 0 Å². The van der Waals surface area contributed by atoms with Gasteiger partial charge in [0.15, 0.2) is 0 Å². The molecular weight excluding hydrogens is 146 g/mol. The minimum Gasteiger partial charge on any atom is -0.377 e. The van der Waals surface area contributed by atoms with E-state index in [0.29, 0.717) is 0 Å². The lowest BCUT2D eigenvalue weighted by Crippen LogP contribution is -2.24. The molecule has 1 fully saturated rings. The summed E-state index contributed by atoms with van der Waals surface area (Å²) >= 11 is 0. The van der Waals surface area contributed by atoms with Crippen molar-refractivity contribution in [2.45, 2.75) is 19.3 Å². The second kappa shape index (κ2) is 3.61. The van der Waals surface area contributed by atoms with Crippen LogP contribution in [0.3, 0.4) is 0 Å². The van der Waals surface area contributed by atoms with Gasteiger partial charge in [-0.05, 0) is 24.8 Å². The second-order valence-electron chi connectivity index (χ2n) is 3.44. The van der Waals surface area contributed by atoms with E-state index in [2.05, 4.69) is 35.4 Å². The minimum absolute atomic E-state index is 1.24. The predicted molar refractivity (Wildman–Crippen MR) is 51.8 cm³/mol. The van der Waals surface area contributed by atoms with Crippen LogP contribution in [-0.4, -0.2) is 18.0 Å². The van der Waals surface area contributed by atoms with Crippen LogP contribution in [0.5, 0.6) is 0 Å². The van der Waals surface area contributed by atoms with Crippen LogP contribution in [0.15, 0.2) is 36.1 Å². The lowest BCUT2D eigenvalue weighted by Gasteiger charge is -2.25. The van der Waals surface area contributed by atoms with Gasteiger partial charge in [-0.3, -0.25) is 0 Å². The first-order valence-corrected chi connectivity index (χ1v) is 4.76. The molecule has 1 nitrogen and oxygen atoms in total. The van der Waals surface area contributed by atoms with Gasteiger partial charge in [0.2, 0.25) is 0 Å². The van der Waals surface area contributed by atoms with Gasteiger partial charge in [-0.1, -0.05) is 24.3 Å². The van der Waals surface area contributed by atoms with E-state index in [1.807, 2.05) is 0 Å². The molecule has 1 saturated heterocycles. The first kappa shape index (κ1) is 7.66. The van der Waals surface area contributed by atoms with Crippen molar-refractivity contribution in [1.29, 1.82) is 0 Å². The highest BCUT2D eigenvalue weighted by atomic mass is 15.1. The third-order valence-corrected chi connectivity index (χ3v) is 2.41. The molecule has 0 N–H and O–H groups in total. The first-order chi connectivity index (χ1) is 5.95. The number of likely N-dealkylation sites (tertiary alicyclic amines) is 1. The zero-order chi connectivity index (χ0) is 8.23. The average molecular weight is 161 g/mol. The summed E-state index contributed by atoms with van der Waals surface area (Å²) < 4.78 is 0. The molecule has 0 aromatic heterocycles. The highest BCUT2D eigenvalue weighted by Gasteiger charge is 2.06. The fraction of sp³-hybridized carbons (Fsp3) is 0.455. The number of rotatable bonds is 1. The average Bonchev–Trinajstić information content (AvgIpc) is 2.59. The maximum atomic E-state index is 2.43. The first-order valence-electron chi connectivity index (χ1n) is 4.76. The molecule has 0 saturated carbocycles. The van der Waals surface area contributed by atoms with Crippen LogP contribution in [0.1, 0.15) is 19.3 Å². The number of piperidine rings is 1. The van der Waals surface area contributed by atoms with E-state index in [1.54, 1.807) is 0 Å². The van der Waals surface area contributed by atoms with Crippen LogP contribution in [0.25, 0.3) is 0 Å². The van der Waals surface area contributed by atoms with Crippen molar-refractivity contribution in [3.63, 3.8) is 0 Å². The Hall–Kier alpha value is -0.980. The van der Waals surface area contributed by atoms with Gasteiger partial charge in [0, 0.05) is 19.3 Å². The monoisotopic (exact) mass is 161 g/mol. The largest absolute Gasteiger partial charge is 0.377 e. The number of hydrogen-bond acceptors (Lipinski definition) is 1. The van der Waals surface area contributed by atoms with Crippen molar-refractivity contribution < 1.29 is 0 Å². The van der Waals surface area contributed by atoms with Gasteiger partial charge < -0.3 is 4.90 Å². The summed E-state index contributed by atoms with van der Waals surface area (Å²) in [6.07, 6.45) is 14.9. The summed E-state index contributed by atoms with van der Waals surface area (Å²) in [5.41, 5.74) is 1.34. The van der Waals surface area contributed by atoms with Crippen LogP contribution in [-0.2, 0) is 0 Å². The topological polar surface area (TPSA) is 3.24 Å². The molecule has 0 atom stereocenters. The van der Waals surface area contributed by atoms with Crippen LogP contribution < -0.4 is 0 Å². The summed E-state index contributed by atoms with van der Waals surface area (Å²) in [4.78, 5) is 2.43. The van der Waals surface area contributed by atoms with Crippen LogP contribution in [0.4, 0.5) is 0 Å². The highest BCUT2D eigenvalue weighted by Crippen LogP contribution is 2.13. The zero-order valence-corrected chi connectivity index (χ0v) is 7.37. The Bertz CT molecular complexity index is 215. The Balaban J connectivity index is 1.96. The van der Waals surface area contributed by atoms with Crippen molar-refractivity contribution in [2.24, 2.45) is 0 Å². The molecule has 0 aromatic rings. The molecule has 2 rings (SSSR count). The van der Waals surface area contributed by atoms with Crippen molar-refractivity contribution in [2.75, 3.05) is 13.1 Å². The van der Waals surface area contributed by atoms with Gasteiger partial charge in [-0.2, -0.15) is 0 Å². The molecule has 0 amide bonds. The second-order valence-corrected chi connectivity index (χ2v) is 3.44. The lowest BCUT2D eigenvalue weighted by atomic mass is 10.1. The van der Waals surface area contributed by atoms with E-state index in [1.165, 1.54) is 37.9 Å². The molecular formula is C11H15N. The number of allylic oxidation sites excluding steroid dienone is 5. The molecule has 1 heterocycles. The van der Waals surface area contributed by atoms with Crippen molar-refractivity contribution in [3.8, 4) is 0 Å². The Morgan fingerprint density at radius 1 is 1.00 bits per heavy atom. The van der Waals surface area contributed by atoms with Crippen LogP contribution >= 0.6 is 0 Å². The van der Waals surface area contributed by atoms with Gasteiger partial charge in [-0.25, -0.2) is 0 Å². The SMILES string of the molecule is C1=CC(=CN2CCCCC2)C=C1. The molecule has 64 valence electrons. The molecule has 0 spiro atoms. The summed E-state index contributed by atoms with van der Waals surface area (Å²) in [6.45, 7) is 2.48. The van der Waals surface area contributed by atoms with E-state index >= 15 is 0 Å². The Kier molecular flexibility index (Phi) is 2.31. The van der Waals surface area contributed by atoms with Crippen molar-refractivity contribution in [3.05, 3.63) is 36.1 Å². The molecule has 1 aliphatic heterocycles. The molecule has 0 unspecified atom stereocenters. The Labute approximate surface area is 74.1 Å². The van der Waals surface area contributed by atoms with E-state index in [4.69, 9.17) is 0 Å². The van der Waals surface area contributed by atoms with E-state index in [-0.39, 0.29) is 0 Å². The molecule has 0 bridgehead atoms. The molecule has 12 heavy (non-hydrogen) atoms. The summed E-state index contributed by atoms with van der Waals surface area (Å²) in [7, 11) is 0. The summed E-state index contributed by atoms with van der Waals surface area (Å²) in [6, 6.07) is 0. The smallest absolute Gasteiger partial charge is 0.0172 e. The predicted octanol–water partition coefficient (Wildman–Crippen LogP) is 2.48.